The predicted molar refractivity (Wildman–Crippen MR) is 79.4 cm³/mol. The summed E-state index contributed by atoms with van der Waals surface area (Å²) in [6.45, 7) is 10.4. The Hall–Kier alpha value is -1.79. The van der Waals surface area contributed by atoms with Crippen LogP contribution in [0.25, 0.3) is 0 Å². The van der Waals surface area contributed by atoms with E-state index in [-0.39, 0.29) is 5.92 Å². The molecule has 0 aromatic rings. The summed E-state index contributed by atoms with van der Waals surface area (Å²) in [6, 6.07) is -1.59. The van der Waals surface area contributed by atoms with E-state index < -0.39 is 35.6 Å². The fourth-order valence-corrected chi connectivity index (χ4v) is 1.56. The number of alkyl carbamates (subject to hydrolysis) is 1. The lowest BCUT2D eigenvalue weighted by molar-refractivity contribution is -0.129. The van der Waals surface area contributed by atoms with E-state index in [2.05, 4.69) is 10.6 Å². The first kappa shape index (κ1) is 19.2. The van der Waals surface area contributed by atoms with Crippen LogP contribution in [0.3, 0.4) is 0 Å². The van der Waals surface area contributed by atoms with E-state index in [0.717, 1.165) is 0 Å². The van der Waals surface area contributed by atoms with Gasteiger partial charge in [0.15, 0.2) is 0 Å². The molecule has 3 unspecified atom stereocenters. The molecule has 0 aliphatic carbocycles. The molecule has 0 rings (SSSR count). The Bertz CT molecular complexity index is 390. The van der Waals surface area contributed by atoms with Gasteiger partial charge in [0.05, 0.1) is 0 Å². The molecular weight excluding hydrogens is 274 g/mol. The third kappa shape index (κ3) is 7.53. The van der Waals surface area contributed by atoms with Crippen LogP contribution in [0, 0.1) is 5.92 Å². The molecule has 0 aliphatic rings. The minimum absolute atomic E-state index is 0.0832. The molecule has 4 N–H and O–H groups in total. The maximum absolute atomic E-state index is 12.0. The van der Waals surface area contributed by atoms with Crippen molar-refractivity contribution in [2.45, 2.75) is 65.6 Å². The third-order valence-corrected chi connectivity index (χ3v) is 2.94. The topological polar surface area (TPSA) is 111 Å². The van der Waals surface area contributed by atoms with Crippen molar-refractivity contribution in [3.63, 3.8) is 0 Å². The molecule has 3 atom stereocenters. The molecule has 0 heterocycles. The number of nitrogens with two attached hydrogens (primary N) is 1. The minimum atomic E-state index is -0.828. The first-order valence-electron chi connectivity index (χ1n) is 7.07. The van der Waals surface area contributed by atoms with E-state index >= 15 is 0 Å². The van der Waals surface area contributed by atoms with Crippen molar-refractivity contribution in [3.05, 3.63) is 0 Å². The van der Waals surface area contributed by atoms with Gasteiger partial charge in [-0.1, -0.05) is 20.3 Å². The Morgan fingerprint density at radius 1 is 1.14 bits per heavy atom. The number of hydrogen-bond donors (Lipinski definition) is 3. The number of carbonyl (C=O) groups excluding carboxylic acids is 3. The molecule has 0 aliphatic heterocycles. The molecule has 0 saturated carbocycles. The van der Waals surface area contributed by atoms with Crippen LogP contribution in [-0.2, 0) is 14.3 Å². The normalized spacial score (nSPS) is 15.5. The minimum Gasteiger partial charge on any atom is -0.444 e. The molecule has 0 aromatic carbocycles. The van der Waals surface area contributed by atoms with Gasteiger partial charge >= 0.3 is 6.09 Å². The number of rotatable bonds is 6. The van der Waals surface area contributed by atoms with E-state index in [0.29, 0.717) is 6.42 Å². The Labute approximate surface area is 126 Å². The molecule has 122 valence electrons. The van der Waals surface area contributed by atoms with Crippen molar-refractivity contribution in [2.24, 2.45) is 11.7 Å². The zero-order valence-electron chi connectivity index (χ0n) is 13.6. The molecule has 21 heavy (non-hydrogen) atoms. The molecule has 0 bridgehead atoms. The molecule has 3 amide bonds. The maximum atomic E-state index is 12.0. The highest BCUT2D eigenvalue weighted by Crippen LogP contribution is 2.08. The zero-order chi connectivity index (χ0) is 16.8. The quantitative estimate of drug-likeness (QED) is 0.677. The predicted octanol–water partition coefficient (Wildman–Crippen LogP) is 0.916. The summed E-state index contributed by atoms with van der Waals surface area (Å²) in [4.78, 5) is 34.9. The first-order valence-corrected chi connectivity index (χ1v) is 7.07. The summed E-state index contributed by atoms with van der Waals surface area (Å²) in [5.74, 6) is -1.16. The van der Waals surface area contributed by atoms with E-state index in [1.54, 1.807) is 20.8 Å². The highest BCUT2D eigenvalue weighted by atomic mass is 16.6. The van der Waals surface area contributed by atoms with Gasteiger partial charge in [-0.15, -0.1) is 0 Å². The second kappa shape index (κ2) is 7.85. The van der Waals surface area contributed by atoms with Crippen LogP contribution in [0.4, 0.5) is 4.79 Å². The summed E-state index contributed by atoms with van der Waals surface area (Å²) < 4.78 is 5.06. The Morgan fingerprint density at radius 2 is 1.67 bits per heavy atom. The van der Waals surface area contributed by atoms with Gasteiger partial charge in [-0.2, -0.15) is 0 Å². The molecular formula is C14H27N3O4. The Morgan fingerprint density at radius 3 is 2.05 bits per heavy atom. The van der Waals surface area contributed by atoms with Crippen LogP contribution in [0.1, 0.15) is 48.0 Å². The van der Waals surface area contributed by atoms with Crippen molar-refractivity contribution >= 4 is 17.9 Å². The standard InChI is InChI=1S/C14H27N3O4/c1-7-8(2)10(11(15)18)17-12(19)9(3)16-13(20)21-14(4,5)6/h8-10H,7H2,1-6H3,(H2,15,18)(H,16,20)(H,17,19). The smallest absolute Gasteiger partial charge is 0.408 e. The average Bonchev–Trinajstić information content (AvgIpc) is 2.31. The number of hydrogen-bond acceptors (Lipinski definition) is 4. The van der Waals surface area contributed by atoms with E-state index in [4.69, 9.17) is 10.5 Å². The number of nitrogens with one attached hydrogen (secondary N) is 2. The van der Waals surface area contributed by atoms with Crippen LogP contribution < -0.4 is 16.4 Å². The van der Waals surface area contributed by atoms with E-state index in [9.17, 15) is 14.4 Å². The second-order valence-corrected chi connectivity index (χ2v) is 6.14. The number of carbonyl (C=O) groups is 3. The first-order chi connectivity index (χ1) is 9.47. The lowest BCUT2D eigenvalue weighted by Crippen LogP contribution is -2.54. The fraction of sp³-hybridized carbons (Fsp3) is 0.786. The van der Waals surface area contributed by atoms with Crippen LogP contribution in [0.5, 0.6) is 0 Å². The van der Waals surface area contributed by atoms with Crippen LogP contribution in [0.15, 0.2) is 0 Å². The molecule has 0 saturated heterocycles. The summed E-state index contributed by atoms with van der Waals surface area (Å²) in [5, 5.41) is 4.96. The summed E-state index contributed by atoms with van der Waals surface area (Å²) >= 11 is 0. The molecule has 0 aromatic heterocycles. The maximum Gasteiger partial charge on any atom is 0.408 e. The van der Waals surface area contributed by atoms with Gasteiger partial charge < -0.3 is 21.1 Å². The highest BCUT2D eigenvalue weighted by Gasteiger charge is 2.27. The lowest BCUT2D eigenvalue weighted by Gasteiger charge is -2.24. The average molecular weight is 301 g/mol. The van der Waals surface area contributed by atoms with Gasteiger partial charge in [0.1, 0.15) is 17.7 Å². The molecule has 7 heteroatoms. The van der Waals surface area contributed by atoms with Crippen molar-refractivity contribution < 1.29 is 19.1 Å². The zero-order valence-corrected chi connectivity index (χ0v) is 13.6. The highest BCUT2D eigenvalue weighted by molar-refractivity contribution is 5.90. The van der Waals surface area contributed by atoms with Crippen molar-refractivity contribution in [1.29, 1.82) is 0 Å². The monoisotopic (exact) mass is 301 g/mol. The number of amides is 3. The van der Waals surface area contributed by atoms with E-state index in [1.165, 1.54) is 6.92 Å². The molecule has 0 fully saturated rings. The van der Waals surface area contributed by atoms with Gasteiger partial charge in [-0.25, -0.2) is 4.79 Å². The van der Waals surface area contributed by atoms with Crippen molar-refractivity contribution in [3.8, 4) is 0 Å². The Balaban J connectivity index is 4.57. The SMILES string of the molecule is CCC(C)C(NC(=O)C(C)NC(=O)OC(C)(C)C)C(N)=O. The Kier molecular flexibility index (Phi) is 7.18. The summed E-state index contributed by atoms with van der Waals surface area (Å²) in [5.41, 5.74) is 4.63. The van der Waals surface area contributed by atoms with Gasteiger partial charge in [-0.3, -0.25) is 9.59 Å². The van der Waals surface area contributed by atoms with Crippen molar-refractivity contribution in [1.82, 2.24) is 10.6 Å². The fourth-order valence-electron chi connectivity index (χ4n) is 1.56. The summed E-state index contributed by atoms with van der Waals surface area (Å²) in [6.07, 6.45) is 0.00574. The van der Waals surface area contributed by atoms with Crippen LogP contribution in [0.2, 0.25) is 0 Å². The number of ether oxygens (including phenoxy) is 1. The second-order valence-electron chi connectivity index (χ2n) is 6.14. The van der Waals surface area contributed by atoms with E-state index in [1.807, 2.05) is 13.8 Å². The van der Waals surface area contributed by atoms with Gasteiger partial charge in [-0.05, 0) is 33.6 Å². The van der Waals surface area contributed by atoms with Crippen LogP contribution in [-0.4, -0.2) is 35.6 Å². The largest absolute Gasteiger partial charge is 0.444 e. The lowest BCUT2D eigenvalue weighted by atomic mass is 9.98. The van der Waals surface area contributed by atoms with Crippen molar-refractivity contribution in [2.75, 3.05) is 0 Å². The third-order valence-electron chi connectivity index (χ3n) is 2.94. The van der Waals surface area contributed by atoms with Crippen LogP contribution >= 0.6 is 0 Å². The number of primary amides is 1. The molecule has 7 nitrogen and oxygen atoms in total. The summed E-state index contributed by atoms with van der Waals surface area (Å²) in [7, 11) is 0. The van der Waals surface area contributed by atoms with Gasteiger partial charge in [0.2, 0.25) is 11.8 Å². The van der Waals surface area contributed by atoms with Gasteiger partial charge in [0.25, 0.3) is 0 Å². The molecule has 0 radical (unpaired) electrons. The molecule has 0 spiro atoms. The van der Waals surface area contributed by atoms with Gasteiger partial charge in [0, 0.05) is 0 Å².